The van der Waals surface area contributed by atoms with Crippen molar-refractivity contribution in [3.8, 4) is 5.75 Å². The van der Waals surface area contributed by atoms with Gasteiger partial charge in [0.25, 0.3) is 11.7 Å². The molecule has 7 nitrogen and oxygen atoms in total. The number of ether oxygens (including phenoxy) is 1. The van der Waals surface area contributed by atoms with Gasteiger partial charge in [-0.2, -0.15) is 0 Å². The van der Waals surface area contributed by atoms with E-state index in [9.17, 15) is 19.5 Å². The van der Waals surface area contributed by atoms with E-state index >= 15 is 0 Å². The van der Waals surface area contributed by atoms with E-state index in [1.807, 2.05) is 35.8 Å². The van der Waals surface area contributed by atoms with E-state index in [4.69, 9.17) is 10.5 Å². The zero-order chi connectivity index (χ0) is 21.3. The number of carbonyl (C=O) groups excluding carboxylic acids is 2. The van der Waals surface area contributed by atoms with Crippen LogP contribution >= 0.6 is 0 Å². The fraction of sp³-hybridized carbons (Fsp3) is 0.227. The molecule has 0 spiro atoms. The van der Waals surface area contributed by atoms with Crippen LogP contribution in [0.4, 0.5) is 0 Å². The molecule has 0 radical (unpaired) electrons. The van der Waals surface area contributed by atoms with Gasteiger partial charge in [-0.1, -0.05) is 35.9 Å². The van der Waals surface area contributed by atoms with Gasteiger partial charge < -0.3 is 20.1 Å². The lowest BCUT2D eigenvalue weighted by atomic mass is 10.1. The number of Topliss-reactive ketones (excluding diaryl/α,β-unsaturated/α-hetero) is 1. The number of carbonyl (C=O) groups is 3. The third kappa shape index (κ3) is 3.85. The van der Waals surface area contributed by atoms with Gasteiger partial charge in [-0.05, 0) is 38.5 Å². The summed E-state index contributed by atoms with van der Waals surface area (Å²) in [6.45, 7) is 5.59. The number of nitrogens with two attached hydrogens (primary N) is 1. The first-order valence-corrected chi connectivity index (χ1v) is 9.11. The van der Waals surface area contributed by atoms with Crippen molar-refractivity contribution >= 4 is 28.6 Å². The lowest BCUT2D eigenvalue weighted by Crippen LogP contribution is -2.25. The maximum atomic E-state index is 12.6. The van der Waals surface area contributed by atoms with Crippen molar-refractivity contribution < 1.29 is 24.2 Å². The van der Waals surface area contributed by atoms with E-state index in [1.54, 1.807) is 25.1 Å². The lowest BCUT2D eigenvalue weighted by Gasteiger charge is -2.13. The van der Waals surface area contributed by atoms with Crippen LogP contribution in [0.25, 0.3) is 10.9 Å². The van der Waals surface area contributed by atoms with Crippen molar-refractivity contribution in [1.82, 2.24) is 4.57 Å². The van der Waals surface area contributed by atoms with E-state index in [-0.39, 0.29) is 11.3 Å². The third-order valence-electron chi connectivity index (χ3n) is 4.84. The molecule has 1 atom stereocenters. The number of carboxylic acid groups (broad SMARTS) is 1. The summed E-state index contributed by atoms with van der Waals surface area (Å²) in [4.78, 5) is 35.5. The number of benzene rings is 2. The van der Waals surface area contributed by atoms with Gasteiger partial charge in [0.2, 0.25) is 0 Å². The normalized spacial score (nSPS) is 12.0. The molecule has 0 saturated heterocycles. The van der Waals surface area contributed by atoms with Gasteiger partial charge in [0.15, 0.2) is 6.10 Å². The van der Waals surface area contributed by atoms with Crippen molar-refractivity contribution in [3.05, 3.63) is 64.8 Å². The molecule has 1 aromatic heterocycles. The summed E-state index contributed by atoms with van der Waals surface area (Å²) in [6, 6.07) is 13.0. The van der Waals surface area contributed by atoms with Crippen LogP contribution in [0, 0.1) is 13.8 Å². The highest BCUT2D eigenvalue weighted by Gasteiger charge is 2.27. The number of primary amides is 1. The fourth-order valence-electron chi connectivity index (χ4n) is 3.43. The van der Waals surface area contributed by atoms with Gasteiger partial charge in [0, 0.05) is 12.2 Å². The molecule has 0 aliphatic carbocycles. The van der Waals surface area contributed by atoms with Crippen molar-refractivity contribution in [3.63, 3.8) is 0 Å². The first-order chi connectivity index (χ1) is 13.7. The van der Waals surface area contributed by atoms with Gasteiger partial charge in [0.05, 0.1) is 16.5 Å². The first-order valence-electron chi connectivity index (χ1n) is 9.11. The minimum absolute atomic E-state index is 0.133. The molecule has 7 heteroatoms. The molecule has 0 aliphatic heterocycles. The standard InChI is InChI=1S/C22H22N2O5/c1-12-6-4-7-15(10-12)11-24-13(2)18(20(25)21(23)26)19-16(24)8-5-9-17(19)29-14(3)22(27)28/h4-10,14H,11H2,1-3H3,(H2,23,26)(H,27,28). The van der Waals surface area contributed by atoms with Crippen LogP contribution in [-0.2, 0) is 16.1 Å². The van der Waals surface area contributed by atoms with Crippen LogP contribution in [0.15, 0.2) is 42.5 Å². The number of hydrogen-bond donors (Lipinski definition) is 2. The van der Waals surface area contributed by atoms with Crippen molar-refractivity contribution in [2.45, 2.75) is 33.4 Å². The summed E-state index contributed by atoms with van der Waals surface area (Å²) in [6.07, 6.45) is -1.13. The number of aryl methyl sites for hydroxylation is 1. The maximum Gasteiger partial charge on any atom is 0.344 e. The summed E-state index contributed by atoms with van der Waals surface area (Å²) in [5.41, 5.74) is 8.75. The number of ketones is 1. The molecule has 0 saturated carbocycles. The zero-order valence-corrected chi connectivity index (χ0v) is 16.4. The van der Waals surface area contributed by atoms with E-state index in [2.05, 4.69) is 0 Å². The summed E-state index contributed by atoms with van der Waals surface area (Å²) < 4.78 is 7.48. The Morgan fingerprint density at radius 2 is 1.83 bits per heavy atom. The number of fused-ring (bicyclic) bond motifs is 1. The van der Waals surface area contributed by atoms with Crippen molar-refractivity contribution in [2.24, 2.45) is 5.73 Å². The minimum Gasteiger partial charge on any atom is -0.479 e. The molecule has 29 heavy (non-hydrogen) atoms. The second-order valence-electron chi connectivity index (χ2n) is 6.98. The molecule has 1 amide bonds. The molecular weight excluding hydrogens is 372 g/mol. The number of nitrogens with zero attached hydrogens (tertiary/aromatic N) is 1. The number of rotatable bonds is 7. The summed E-state index contributed by atoms with van der Waals surface area (Å²) in [5, 5.41) is 9.58. The van der Waals surface area contributed by atoms with E-state index in [0.717, 1.165) is 11.1 Å². The monoisotopic (exact) mass is 394 g/mol. The number of hydrogen-bond acceptors (Lipinski definition) is 4. The van der Waals surface area contributed by atoms with Crippen LogP contribution in [0.5, 0.6) is 5.75 Å². The average molecular weight is 394 g/mol. The number of aliphatic carboxylic acids is 1. The van der Waals surface area contributed by atoms with Crippen LogP contribution in [0.2, 0.25) is 0 Å². The van der Waals surface area contributed by atoms with E-state index < -0.39 is 23.8 Å². The molecule has 150 valence electrons. The Morgan fingerprint density at radius 1 is 1.14 bits per heavy atom. The van der Waals surface area contributed by atoms with Gasteiger partial charge >= 0.3 is 5.97 Å². The molecule has 3 rings (SSSR count). The van der Waals surface area contributed by atoms with Crippen LogP contribution in [0.1, 0.15) is 34.1 Å². The SMILES string of the molecule is Cc1cccc(Cn2c(C)c(C(=O)C(N)=O)c3c(OC(C)C(=O)O)cccc32)c1. The van der Waals surface area contributed by atoms with Gasteiger partial charge in [-0.15, -0.1) is 0 Å². The quantitative estimate of drug-likeness (QED) is 0.473. The van der Waals surface area contributed by atoms with Crippen LogP contribution in [-0.4, -0.2) is 33.4 Å². The molecule has 3 aromatic rings. The number of amides is 1. The van der Waals surface area contributed by atoms with Crippen LogP contribution < -0.4 is 10.5 Å². The second kappa shape index (κ2) is 7.79. The molecular formula is C22H22N2O5. The Balaban J connectivity index is 2.24. The predicted molar refractivity (Wildman–Crippen MR) is 108 cm³/mol. The Bertz CT molecular complexity index is 1130. The Kier molecular flexibility index (Phi) is 5.41. The van der Waals surface area contributed by atoms with E-state index in [1.165, 1.54) is 6.92 Å². The third-order valence-corrected chi connectivity index (χ3v) is 4.84. The highest BCUT2D eigenvalue weighted by Crippen LogP contribution is 2.35. The smallest absolute Gasteiger partial charge is 0.344 e. The van der Waals surface area contributed by atoms with Gasteiger partial charge in [-0.3, -0.25) is 9.59 Å². The number of carboxylic acids is 1. The summed E-state index contributed by atoms with van der Waals surface area (Å²) in [7, 11) is 0. The lowest BCUT2D eigenvalue weighted by molar-refractivity contribution is -0.144. The second-order valence-corrected chi connectivity index (χ2v) is 6.98. The van der Waals surface area contributed by atoms with Gasteiger partial charge in [-0.25, -0.2) is 4.79 Å². The molecule has 0 fully saturated rings. The van der Waals surface area contributed by atoms with Crippen LogP contribution in [0.3, 0.4) is 0 Å². The largest absolute Gasteiger partial charge is 0.479 e. The number of aromatic nitrogens is 1. The maximum absolute atomic E-state index is 12.6. The predicted octanol–water partition coefficient (Wildman–Crippen LogP) is 2.83. The topological polar surface area (TPSA) is 112 Å². The summed E-state index contributed by atoms with van der Waals surface area (Å²) in [5.74, 6) is -2.84. The highest BCUT2D eigenvalue weighted by atomic mass is 16.5. The molecule has 1 heterocycles. The Morgan fingerprint density at radius 3 is 2.45 bits per heavy atom. The zero-order valence-electron chi connectivity index (χ0n) is 16.4. The Labute approximate surface area is 167 Å². The minimum atomic E-state index is -1.14. The molecule has 2 aromatic carbocycles. The molecule has 1 unspecified atom stereocenters. The molecule has 3 N–H and O–H groups in total. The average Bonchev–Trinajstić information content (AvgIpc) is 2.94. The van der Waals surface area contributed by atoms with E-state index in [0.29, 0.717) is 23.1 Å². The summed E-state index contributed by atoms with van der Waals surface area (Å²) >= 11 is 0. The van der Waals surface area contributed by atoms with Crippen molar-refractivity contribution in [2.75, 3.05) is 0 Å². The molecule has 0 bridgehead atoms. The molecule has 0 aliphatic rings. The Hall–Kier alpha value is -3.61. The first kappa shape index (κ1) is 20.1. The van der Waals surface area contributed by atoms with Crippen molar-refractivity contribution in [1.29, 1.82) is 0 Å². The highest BCUT2D eigenvalue weighted by molar-refractivity contribution is 6.45. The van der Waals surface area contributed by atoms with Gasteiger partial charge in [0.1, 0.15) is 5.75 Å². The fourth-order valence-corrected chi connectivity index (χ4v) is 3.43.